The van der Waals surface area contributed by atoms with Crippen molar-refractivity contribution in [1.82, 2.24) is 9.97 Å². The van der Waals surface area contributed by atoms with E-state index in [1.807, 2.05) is 24.3 Å². The van der Waals surface area contributed by atoms with E-state index in [-0.39, 0.29) is 0 Å². The van der Waals surface area contributed by atoms with Crippen LogP contribution >= 0.6 is 15.9 Å². The van der Waals surface area contributed by atoms with Crippen molar-refractivity contribution in [3.05, 3.63) is 40.6 Å². The Labute approximate surface area is 113 Å². The summed E-state index contributed by atoms with van der Waals surface area (Å²) in [6, 6.07) is 7.81. The van der Waals surface area contributed by atoms with Crippen molar-refractivity contribution < 1.29 is 9.47 Å². The Morgan fingerprint density at radius 2 is 2.06 bits per heavy atom. The number of ether oxygens (including phenoxy) is 2. The maximum Gasteiger partial charge on any atom is 0.244 e. The molecule has 0 aliphatic heterocycles. The van der Waals surface area contributed by atoms with Crippen LogP contribution in [0, 0.1) is 0 Å². The van der Waals surface area contributed by atoms with Crippen LogP contribution in [0.1, 0.15) is 5.56 Å². The number of hydrogen-bond donors (Lipinski definition) is 1. The number of anilines is 1. The Hall–Kier alpha value is -1.82. The van der Waals surface area contributed by atoms with Crippen LogP contribution in [-0.4, -0.2) is 17.1 Å². The molecule has 0 bridgehead atoms. The third-order valence-corrected chi connectivity index (χ3v) is 2.76. The van der Waals surface area contributed by atoms with E-state index < -0.39 is 0 Å². The number of rotatable bonds is 4. The molecule has 0 saturated carbocycles. The fourth-order valence-electron chi connectivity index (χ4n) is 1.42. The molecule has 0 radical (unpaired) electrons. The minimum absolute atomic E-state index is 0.301. The number of halogens is 1. The molecular formula is C12H12BrN3O2. The molecule has 1 aromatic carbocycles. The van der Waals surface area contributed by atoms with E-state index in [1.54, 1.807) is 0 Å². The maximum absolute atomic E-state index is 5.80. The third kappa shape index (κ3) is 2.89. The quantitative estimate of drug-likeness (QED) is 0.939. The van der Waals surface area contributed by atoms with Crippen molar-refractivity contribution >= 4 is 21.6 Å². The van der Waals surface area contributed by atoms with Crippen LogP contribution in [0.25, 0.3) is 0 Å². The summed E-state index contributed by atoms with van der Waals surface area (Å²) in [6.45, 7) is 0.379. The van der Waals surface area contributed by atoms with Gasteiger partial charge in [0.05, 0.1) is 7.11 Å². The highest BCUT2D eigenvalue weighted by molar-refractivity contribution is 9.10. The first-order valence-electron chi connectivity index (χ1n) is 5.22. The van der Waals surface area contributed by atoms with Gasteiger partial charge in [-0.1, -0.05) is 28.1 Å². The lowest BCUT2D eigenvalue weighted by atomic mass is 10.2. The van der Waals surface area contributed by atoms with Gasteiger partial charge in [0.2, 0.25) is 11.8 Å². The second-order valence-electron chi connectivity index (χ2n) is 3.52. The van der Waals surface area contributed by atoms with Crippen LogP contribution in [0.5, 0.6) is 11.8 Å². The molecule has 0 unspecified atom stereocenters. The van der Waals surface area contributed by atoms with Crippen LogP contribution in [0.4, 0.5) is 5.69 Å². The zero-order valence-corrected chi connectivity index (χ0v) is 11.3. The molecule has 2 aromatic rings. The first-order chi connectivity index (χ1) is 8.70. The highest BCUT2D eigenvalue weighted by atomic mass is 79.9. The second-order valence-corrected chi connectivity index (χ2v) is 4.44. The normalized spacial score (nSPS) is 10.1. The fourth-order valence-corrected chi connectivity index (χ4v) is 1.87. The van der Waals surface area contributed by atoms with E-state index in [9.17, 15) is 0 Å². The molecular weight excluding hydrogens is 298 g/mol. The van der Waals surface area contributed by atoms with E-state index >= 15 is 0 Å². The summed E-state index contributed by atoms with van der Waals surface area (Å²) in [6.07, 6.45) is 1.35. The number of nitrogens with two attached hydrogens (primary N) is 1. The number of nitrogen functional groups attached to an aromatic ring is 1. The summed E-state index contributed by atoms with van der Waals surface area (Å²) in [5.74, 6) is 0.635. The molecule has 0 saturated heterocycles. The summed E-state index contributed by atoms with van der Waals surface area (Å²) in [5, 5.41) is 0. The van der Waals surface area contributed by atoms with Crippen LogP contribution in [0.2, 0.25) is 0 Å². The molecule has 6 heteroatoms. The number of benzene rings is 1. The first kappa shape index (κ1) is 12.6. The van der Waals surface area contributed by atoms with Crippen molar-refractivity contribution in [3.8, 4) is 11.8 Å². The van der Waals surface area contributed by atoms with Crippen molar-refractivity contribution in [2.24, 2.45) is 0 Å². The lowest BCUT2D eigenvalue weighted by Crippen LogP contribution is -2.03. The van der Waals surface area contributed by atoms with Gasteiger partial charge in [-0.3, -0.25) is 0 Å². The topological polar surface area (TPSA) is 70.3 Å². The summed E-state index contributed by atoms with van der Waals surface area (Å²) >= 11 is 3.40. The number of hydrogen-bond acceptors (Lipinski definition) is 5. The van der Waals surface area contributed by atoms with Crippen LogP contribution in [0.3, 0.4) is 0 Å². The van der Waals surface area contributed by atoms with Crippen LogP contribution in [-0.2, 0) is 6.61 Å². The lowest BCUT2D eigenvalue weighted by Gasteiger charge is -2.09. The van der Waals surface area contributed by atoms with E-state index in [0.717, 1.165) is 10.0 Å². The minimum atomic E-state index is 0.301. The number of aromatic nitrogens is 2. The molecule has 1 heterocycles. The third-order valence-electron chi connectivity index (χ3n) is 2.27. The van der Waals surface area contributed by atoms with Gasteiger partial charge < -0.3 is 15.2 Å². The van der Waals surface area contributed by atoms with Gasteiger partial charge in [-0.2, -0.15) is 9.97 Å². The van der Waals surface area contributed by atoms with Crippen LogP contribution < -0.4 is 15.2 Å². The maximum atomic E-state index is 5.80. The predicted molar refractivity (Wildman–Crippen MR) is 71.5 cm³/mol. The van der Waals surface area contributed by atoms with Gasteiger partial charge in [0.15, 0.2) is 5.69 Å². The molecule has 94 valence electrons. The van der Waals surface area contributed by atoms with Crippen molar-refractivity contribution in [2.45, 2.75) is 6.61 Å². The SMILES string of the molecule is COc1ncnc(OCc2cccc(Br)c2)c1N. The molecule has 18 heavy (non-hydrogen) atoms. The zero-order valence-electron chi connectivity index (χ0n) is 9.76. The van der Waals surface area contributed by atoms with Crippen molar-refractivity contribution in [3.63, 3.8) is 0 Å². The Bertz CT molecular complexity index is 549. The summed E-state index contributed by atoms with van der Waals surface area (Å²) in [4.78, 5) is 7.86. The highest BCUT2D eigenvalue weighted by Crippen LogP contribution is 2.26. The Balaban J connectivity index is 2.11. The average Bonchev–Trinajstić information content (AvgIpc) is 2.38. The summed E-state index contributed by atoms with van der Waals surface area (Å²) in [5.41, 5.74) is 7.12. The Morgan fingerprint density at radius 3 is 2.78 bits per heavy atom. The van der Waals surface area contributed by atoms with E-state index in [1.165, 1.54) is 13.4 Å². The first-order valence-corrected chi connectivity index (χ1v) is 6.01. The molecule has 0 spiro atoms. The van der Waals surface area contributed by atoms with E-state index in [0.29, 0.717) is 24.1 Å². The van der Waals surface area contributed by atoms with Gasteiger partial charge >= 0.3 is 0 Å². The number of methoxy groups -OCH3 is 1. The van der Waals surface area contributed by atoms with Gasteiger partial charge in [0.25, 0.3) is 0 Å². The molecule has 0 fully saturated rings. The predicted octanol–water partition coefficient (Wildman–Crippen LogP) is 2.41. The van der Waals surface area contributed by atoms with E-state index in [2.05, 4.69) is 25.9 Å². The number of nitrogens with zero attached hydrogens (tertiary/aromatic N) is 2. The molecule has 0 atom stereocenters. The Morgan fingerprint density at radius 1 is 1.28 bits per heavy atom. The van der Waals surface area contributed by atoms with Crippen molar-refractivity contribution in [1.29, 1.82) is 0 Å². The van der Waals surface area contributed by atoms with E-state index in [4.69, 9.17) is 15.2 Å². The van der Waals surface area contributed by atoms with Gasteiger partial charge in [0, 0.05) is 4.47 Å². The highest BCUT2D eigenvalue weighted by Gasteiger charge is 2.09. The van der Waals surface area contributed by atoms with Gasteiger partial charge in [-0.15, -0.1) is 0 Å². The monoisotopic (exact) mass is 309 g/mol. The fraction of sp³-hybridized carbons (Fsp3) is 0.167. The average molecular weight is 310 g/mol. The molecule has 0 aliphatic rings. The molecule has 2 N–H and O–H groups in total. The largest absolute Gasteiger partial charge is 0.479 e. The second kappa shape index (κ2) is 5.68. The molecule has 2 rings (SSSR count). The molecule has 1 aromatic heterocycles. The summed E-state index contributed by atoms with van der Waals surface area (Å²) < 4.78 is 11.5. The molecule has 0 amide bonds. The lowest BCUT2D eigenvalue weighted by molar-refractivity contribution is 0.292. The van der Waals surface area contributed by atoms with Crippen LogP contribution in [0.15, 0.2) is 35.1 Å². The standard InChI is InChI=1S/C12H12BrN3O2/c1-17-11-10(14)12(16-7-15-11)18-6-8-3-2-4-9(13)5-8/h2-5,7H,6,14H2,1H3. The van der Waals surface area contributed by atoms with Crippen molar-refractivity contribution in [2.75, 3.05) is 12.8 Å². The Kier molecular flexibility index (Phi) is 3.99. The van der Waals surface area contributed by atoms with Gasteiger partial charge in [-0.25, -0.2) is 0 Å². The zero-order chi connectivity index (χ0) is 13.0. The molecule has 0 aliphatic carbocycles. The molecule has 5 nitrogen and oxygen atoms in total. The minimum Gasteiger partial charge on any atom is -0.479 e. The smallest absolute Gasteiger partial charge is 0.244 e. The van der Waals surface area contributed by atoms with Gasteiger partial charge in [-0.05, 0) is 17.7 Å². The summed E-state index contributed by atoms with van der Waals surface area (Å²) in [7, 11) is 1.50. The van der Waals surface area contributed by atoms with Gasteiger partial charge in [0.1, 0.15) is 12.9 Å².